The van der Waals surface area contributed by atoms with E-state index in [1.54, 1.807) is 10.8 Å². The molecule has 0 radical (unpaired) electrons. The van der Waals surface area contributed by atoms with Gasteiger partial charge in [-0.05, 0) is 44.2 Å². The van der Waals surface area contributed by atoms with E-state index in [4.69, 9.17) is 16.3 Å². The van der Waals surface area contributed by atoms with E-state index in [9.17, 15) is 13.7 Å². The predicted octanol–water partition coefficient (Wildman–Crippen LogP) is 6.64. The normalized spacial score (nSPS) is 21.9. The summed E-state index contributed by atoms with van der Waals surface area (Å²) in [6, 6.07) is 4.55. The molecule has 146 valence electrons. The lowest BCUT2D eigenvalue weighted by Gasteiger charge is -2.31. The zero-order chi connectivity index (χ0) is 19.7. The van der Waals surface area contributed by atoms with Crippen molar-refractivity contribution in [1.82, 2.24) is 0 Å². The molecule has 2 nitrogen and oxygen atoms in total. The van der Waals surface area contributed by atoms with E-state index in [1.165, 1.54) is 18.2 Å². The SMILES string of the molecule is CC.CCC(C)P(O)(=S)O[C@H]1CSSC1(C)C.Fc1cccc(F)c1. The van der Waals surface area contributed by atoms with E-state index in [0.29, 0.717) is 0 Å². The fourth-order valence-corrected chi connectivity index (χ4v) is 7.07. The highest BCUT2D eigenvalue weighted by Gasteiger charge is 2.41. The topological polar surface area (TPSA) is 29.5 Å². The van der Waals surface area contributed by atoms with Gasteiger partial charge in [0.1, 0.15) is 11.6 Å². The van der Waals surface area contributed by atoms with Gasteiger partial charge in [0.25, 0.3) is 0 Å². The number of hydrogen-bond donors (Lipinski definition) is 1. The fourth-order valence-electron chi connectivity index (χ4n) is 1.64. The smallest absolute Gasteiger partial charge is 0.189 e. The maximum atomic E-state index is 11.9. The minimum atomic E-state index is -2.61. The highest BCUT2D eigenvalue weighted by atomic mass is 33.1. The van der Waals surface area contributed by atoms with Crippen LogP contribution in [0, 0.1) is 11.6 Å². The van der Waals surface area contributed by atoms with E-state index in [2.05, 4.69) is 13.8 Å². The molecule has 2 unspecified atom stereocenters. The Kier molecular flexibility index (Phi) is 12.1. The molecule has 1 N–H and O–H groups in total. The van der Waals surface area contributed by atoms with Crippen molar-refractivity contribution in [3.63, 3.8) is 0 Å². The molecule has 3 atom stereocenters. The molecular weight excluding hydrogens is 401 g/mol. The molecule has 25 heavy (non-hydrogen) atoms. The summed E-state index contributed by atoms with van der Waals surface area (Å²) in [5.74, 6) is -0.150. The van der Waals surface area contributed by atoms with Crippen LogP contribution in [0.15, 0.2) is 24.3 Å². The monoisotopic (exact) mass is 430 g/mol. The van der Waals surface area contributed by atoms with Gasteiger partial charge in [-0.15, -0.1) is 0 Å². The summed E-state index contributed by atoms with van der Waals surface area (Å²) in [7, 11) is 3.62. The minimum Gasteiger partial charge on any atom is -0.345 e. The largest absolute Gasteiger partial charge is 0.345 e. The van der Waals surface area contributed by atoms with E-state index >= 15 is 0 Å². The van der Waals surface area contributed by atoms with E-state index in [0.717, 1.165) is 18.2 Å². The van der Waals surface area contributed by atoms with Crippen molar-refractivity contribution >= 4 is 39.9 Å². The van der Waals surface area contributed by atoms with Crippen LogP contribution in [0.3, 0.4) is 0 Å². The van der Waals surface area contributed by atoms with Gasteiger partial charge >= 0.3 is 0 Å². The van der Waals surface area contributed by atoms with Crippen LogP contribution in [0.1, 0.15) is 48.0 Å². The van der Waals surface area contributed by atoms with Crippen LogP contribution in [0.5, 0.6) is 0 Å². The molecule has 1 heterocycles. The lowest BCUT2D eigenvalue weighted by molar-refractivity contribution is 0.190. The quantitative estimate of drug-likeness (QED) is 0.427. The van der Waals surface area contributed by atoms with Crippen molar-refractivity contribution in [2.24, 2.45) is 0 Å². The van der Waals surface area contributed by atoms with Gasteiger partial charge in [-0.2, -0.15) is 0 Å². The molecule has 0 spiro atoms. The molecule has 1 aliphatic rings. The molecule has 1 aliphatic heterocycles. The van der Waals surface area contributed by atoms with Crippen LogP contribution >= 0.6 is 28.1 Å². The van der Waals surface area contributed by atoms with Gasteiger partial charge in [-0.1, -0.05) is 55.3 Å². The first-order valence-corrected chi connectivity index (χ1v) is 13.4. The molecule has 0 bridgehead atoms. The van der Waals surface area contributed by atoms with Crippen LogP contribution in [0.25, 0.3) is 0 Å². The fraction of sp³-hybridized carbons (Fsp3) is 0.647. The van der Waals surface area contributed by atoms with Gasteiger partial charge in [-0.25, -0.2) is 8.78 Å². The average molecular weight is 431 g/mol. The van der Waals surface area contributed by atoms with Crippen molar-refractivity contribution in [1.29, 1.82) is 0 Å². The molecular formula is C17H29F2O2PS3. The van der Waals surface area contributed by atoms with Crippen LogP contribution < -0.4 is 0 Å². The highest BCUT2D eigenvalue weighted by Crippen LogP contribution is 2.56. The summed E-state index contributed by atoms with van der Waals surface area (Å²) >= 11 is 5.23. The lowest BCUT2D eigenvalue weighted by Crippen LogP contribution is -2.32. The van der Waals surface area contributed by atoms with Crippen LogP contribution in [0.4, 0.5) is 8.78 Å². The molecule has 2 rings (SSSR count). The molecule has 0 amide bonds. The van der Waals surface area contributed by atoms with E-state index in [-0.39, 0.29) is 16.5 Å². The van der Waals surface area contributed by atoms with Crippen LogP contribution in [0.2, 0.25) is 0 Å². The Morgan fingerprint density at radius 1 is 1.36 bits per heavy atom. The Hall–Kier alpha value is 0.350. The third-order valence-corrected chi connectivity index (χ3v) is 10.2. The first-order chi connectivity index (χ1) is 11.6. The summed E-state index contributed by atoms with van der Waals surface area (Å²) in [4.78, 5) is 10.2. The second-order valence-electron chi connectivity index (χ2n) is 5.83. The predicted molar refractivity (Wildman–Crippen MR) is 113 cm³/mol. The first-order valence-electron chi connectivity index (χ1n) is 8.31. The number of rotatable bonds is 4. The molecule has 0 aromatic heterocycles. The van der Waals surface area contributed by atoms with Crippen molar-refractivity contribution < 1.29 is 18.2 Å². The summed E-state index contributed by atoms with van der Waals surface area (Å²) in [6.07, 6.45) is 0.957. The highest BCUT2D eigenvalue weighted by molar-refractivity contribution is 8.77. The van der Waals surface area contributed by atoms with Crippen LogP contribution in [-0.4, -0.2) is 27.2 Å². The van der Waals surface area contributed by atoms with Crippen molar-refractivity contribution in [3.05, 3.63) is 35.9 Å². The Labute approximate surface area is 164 Å². The number of benzene rings is 1. The van der Waals surface area contributed by atoms with Crippen LogP contribution in [-0.2, 0) is 16.3 Å². The Morgan fingerprint density at radius 3 is 2.20 bits per heavy atom. The number of hydrogen-bond acceptors (Lipinski definition) is 4. The minimum absolute atomic E-state index is 0.0604. The lowest BCUT2D eigenvalue weighted by atomic mass is 10.1. The Morgan fingerprint density at radius 2 is 1.88 bits per heavy atom. The zero-order valence-corrected chi connectivity index (χ0v) is 19.0. The summed E-state index contributed by atoms with van der Waals surface area (Å²) in [5.41, 5.74) is 0.0962. The standard InChI is InChI=1S/C9H19O2PS3.C6H4F2.C2H6/c1-5-7(2)12(10,13)11-8-6-14-15-9(8,3)4;7-5-2-1-3-6(8)4-5;1-2/h7-8H,5-6H2,1-4H3,(H,10,13);1-4H;1-2H3/t7?,8-,12?;;/m0../s1. The molecule has 8 heteroatoms. The maximum Gasteiger partial charge on any atom is 0.189 e. The molecule has 1 saturated heterocycles. The Balaban J connectivity index is 0.000000483. The van der Waals surface area contributed by atoms with Gasteiger partial charge in [0, 0.05) is 22.2 Å². The second-order valence-corrected chi connectivity index (χ2v) is 12.6. The van der Waals surface area contributed by atoms with E-state index < -0.39 is 18.1 Å². The van der Waals surface area contributed by atoms with Crippen molar-refractivity contribution in [3.8, 4) is 0 Å². The van der Waals surface area contributed by atoms with Crippen molar-refractivity contribution in [2.75, 3.05) is 5.75 Å². The average Bonchev–Trinajstić information content (AvgIpc) is 2.87. The first kappa shape index (κ1) is 25.4. The molecule has 1 aromatic carbocycles. The maximum absolute atomic E-state index is 11.9. The summed E-state index contributed by atoms with van der Waals surface area (Å²) in [5, 5.41) is 0. The van der Waals surface area contributed by atoms with Gasteiger partial charge in [0.15, 0.2) is 6.49 Å². The third-order valence-electron chi connectivity index (χ3n) is 3.48. The van der Waals surface area contributed by atoms with Gasteiger partial charge in [0.05, 0.1) is 6.10 Å². The molecule has 0 saturated carbocycles. The van der Waals surface area contributed by atoms with Gasteiger partial charge < -0.3 is 9.42 Å². The third kappa shape index (κ3) is 9.21. The molecule has 0 aliphatic carbocycles. The van der Waals surface area contributed by atoms with Crippen molar-refractivity contribution in [2.45, 2.75) is 64.5 Å². The molecule has 1 aromatic rings. The number of halogens is 2. The summed E-state index contributed by atoms with van der Waals surface area (Å²) in [6.45, 7) is 9.70. The van der Waals surface area contributed by atoms with Gasteiger partial charge in [-0.3, -0.25) is 0 Å². The zero-order valence-electron chi connectivity index (χ0n) is 15.7. The Bertz CT molecular complexity index is 541. The summed E-state index contributed by atoms with van der Waals surface area (Å²) < 4.78 is 29.7. The van der Waals surface area contributed by atoms with Gasteiger partial charge in [0.2, 0.25) is 0 Å². The molecule has 1 fully saturated rings. The second kappa shape index (κ2) is 11.9. The van der Waals surface area contributed by atoms with E-state index in [1.807, 2.05) is 38.5 Å².